The van der Waals surface area contributed by atoms with Crippen molar-refractivity contribution in [3.05, 3.63) is 65.5 Å². The molecule has 2 N–H and O–H groups in total. The molecule has 2 aromatic rings. The Labute approximate surface area is 111 Å². The summed E-state index contributed by atoms with van der Waals surface area (Å²) in [7, 11) is 0. The van der Waals surface area contributed by atoms with Gasteiger partial charge in [-0.25, -0.2) is 4.39 Å². The maximum absolute atomic E-state index is 13.3. The fourth-order valence-corrected chi connectivity index (χ4v) is 2.85. The Balaban J connectivity index is 1.98. The number of anilines is 1. The van der Waals surface area contributed by atoms with Crippen molar-refractivity contribution in [2.45, 2.75) is 18.4 Å². The van der Waals surface area contributed by atoms with Crippen LogP contribution in [0.1, 0.15) is 17.5 Å². The first-order valence-corrected chi connectivity index (χ1v) is 6.46. The number of aliphatic hydroxyl groups is 1. The van der Waals surface area contributed by atoms with E-state index in [9.17, 15) is 9.50 Å². The highest BCUT2D eigenvalue weighted by Crippen LogP contribution is 2.39. The fourth-order valence-electron chi connectivity index (χ4n) is 2.85. The highest BCUT2D eigenvalue weighted by atomic mass is 19.1. The van der Waals surface area contributed by atoms with Crippen molar-refractivity contribution >= 4 is 5.69 Å². The zero-order valence-corrected chi connectivity index (χ0v) is 10.6. The van der Waals surface area contributed by atoms with E-state index in [1.165, 1.54) is 6.07 Å². The molecule has 0 saturated heterocycles. The van der Waals surface area contributed by atoms with E-state index in [0.717, 1.165) is 29.7 Å². The Hall–Kier alpha value is -1.87. The molecular weight excluding hydrogens is 241 g/mol. The van der Waals surface area contributed by atoms with Crippen LogP contribution in [0.3, 0.4) is 0 Å². The second-order valence-corrected chi connectivity index (χ2v) is 5.03. The Morgan fingerprint density at radius 2 is 1.95 bits per heavy atom. The van der Waals surface area contributed by atoms with Crippen LogP contribution < -0.4 is 5.32 Å². The van der Waals surface area contributed by atoms with E-state index in [0.29, 0.717) is 0 Å². The van der Waals surface area contributed by atoms with Crippen molar-refractivity contribution in [2.24, 2.45) is 0 Å². The first kappa shape index (κ1) is 12.2. The number of hydrogen-bond donors (Lipinski definition) is 2. The average Bonchev–Trinajstić information content (AvgIpc) is 2.78. The Morgan fingerprint density at radius 1 is 1.16 bits per heavy atom. The normalized spacial score (nSPS) is 21.2. The summed E-state index contributed by atoms with van der Waals surface area (Å²) in [5, 5.41) is 13.2. The van der Waals surface area contributed by atoms with E-state index in [1.807, 2.05) is 30.3 Å². The minimum Gasteiger partial charge on any atom is -0.394 e. The lowest BCUT2D eigenvalue weighted by atomic mass is 9.92. The first-order valence-electron chi connectivity index (χ1n) is 6.46. The molecule has 0 heterocycles. The molecule has 0 saturated carbocycles. The zero-order chi connectivity index (χ0) is 13.3. The van der Waals surface area contributed by atoms with E-state index < -0.39 is 5.54 Å². The molecule has 0 fully saturated rings. The lowest BCUT2D eigenvalue weighted by Gasteiger charge is -2.31. The maximum Gasteiger partial charge on any atom is 0.123 e. The minimum absolute atomic E-state index is 0.000522. The molecule has 2 nitrogen and oxygen atoms in total. The second kappa shape index (κ2) is 4.67. The lowest BCUT2D eigenvalue weighted by molar-refractivity contribution is 0.211. The van der Waals surface area contributed by atoms with Crippen LogP contribution >= 0.6 is 0 Å². The number of fused-ring (bicyclic) bond motifs is 1. The number of aryl methyl sites for hydroxylation is 1. The van der Waals surface area contributed by atoms with Crippen LogP contribution in [0.25, 0.3) is 0 Å². The predicted octanol–water partition coefficient (Wildman–Crippen LogP) is 3.07. The maximum atomic E-state index is 13.3. The van der Waals surface area contributed by atoms with E-state index in [4.69, 9.17) is 0 Å². The third-order valence-electron chi connectivity index (χ3n) is 3.83. The number of nitrogens with one attached hydrogen (secondary N) is 1. The van der Waals surface area contributed by atoms with Crippen molar-refractivity contribution < 1.29 is 9.50 Å². The summed E-state index contributed by atoms with van der Waals surface area (Å²) in [5.41, 5.74) is 2.45. The summed E-state index contributed by atoms with van der Waals surface area (Å²) >= 11 is 0. The van der Waals surface area contributed by atoms with Crippen LogP contribution in [0.5, 0.6) is 0 Å². The van der Waals surface area contributed by atoms with Crippen LogP contribution in [-0.4, -0.2) is 11.7 Å². The Bertz CT molecular complexity index is 585. The monoisotopic (exact) mass is 257 g/mol. The molecule has 19 heavy (non-hydrogen) atoms. The highest BCUT2D eigenvalue weighted by Gasteiger charge is 2.38. The van der Waals surface area contributed by atoms with E-state index >= 15 is 0 Å². The number of rotatable bonds is 3. The second-order valence-electron chi connectivity index (χ2n) is 5.03. The molecule has 0 aromatic heterocycles. The van der Waals surface area contributed by atoms with Gasteiger partial charge in [-0.1, -0.05) is 24.3 Å². The van der Waals surface area contributed by atoms with Gasteiger partial charge in [0.25, 0.3) is 0 Å². The molecule has 0 spiro atoms. The van der Waals surface area contributed by atoms with Crippen molar-refractivity contribution in [3.63, 3.8) is 0 Å². The van der Waals surface area contributed by atoms with Gasteiger partial charge in [0, 0.05) is 5.69 Å². The summed E-state index contributed by atoms with van der Waals surface area (Å²) in [6.07, 6.45) is 1.56. The van der Waals surface area contributed by atoms with Gasteiger partial charge in [0.05, 0.1) is 12.1 Å². The van der Waals surface area contributed by atoms with Crippen molar-refractivity contribution in [1.82, 2.24) is 0 Å². The van der Waals surface area contributed by atoms with Crippen LogP contribution in [-0.2, 0) is 12.0 Å². The number of benzene rings is 2. The molecule has 0 radical (unpaired) electrons. The third kappa shape index (κ3) is 2.10. The minimum atomic E-state index is -0.496. The molecular formula is C16H16FNO. The number of halogens is 1. The topological polar surface area (TPSA) is 32.3 Å². The van der Waals surface area contributed by atoms with Gasteiger partial charge in [-0.15, -0.1) is 0 Å². The SMILES string of the molecule is OCC1(Nc2ccccc2)CCc2cc(F)ccc21. The quantitative estimate of drug-likeness (QED) is 0.885. The third-order valence-corrected chi connectivity index (χ3v) is 3.83. The van der Waals surface area contributed by atoms with Gasteiger partial charge in [0.15, 0.2) is 0 Å². The average molecular weight is 257 g/mol. The van der Waals surface area contributed by atoms with Crippen molar-refractivity contribution in [3.8, 4) is 0 Å². The van der Waals surface area contributed by atoms with Gasteiger partial charge in [-0.05, 0) is 48.2 Å². The molecule has 0 bridgehead atoms. The standard InChI is InChI=1S/C16H16FNO/c17-13-6-7-15-12(10-13)8-9-16(15,11-19)18-14-4-2-1-3-5-14/h1-7,10,18-19H,8-9,11H2. The summed E-state index contributed by atoms with van der Waals surface area (Å²) in [6.45, 7) is 0.000522. The van der Waals surface area contributed by atoms with Crippen LogP contribution in [0, 0.1) is 5.82 Å². The van der Waals surface area contributed by atoms with Gasteiger partial charge in [0.2, 0.25) is 0 Å². The molecule has 0 aliphatic heterocycles. The molecule has 2 aromatic carbocycles. The predicted molar refractivity (Wildman–Crippen MR) is 73.5 cm³/mol. The molecule has 0 amide bonds. The van der Waals surface area contributed by atoms with Crippen LogP contribution in [0.4, 0.5) is 10.1 Å². The zero-order valence-electron chi connectivity index (χ0n) is 10.6. The largest absolute Gasteiger partial charge is 0.394 e. The van der Waals surface area contributed by atoms with E-state index in [1.54, 1.807) is 12.1 Å². The molecule has 3 rings (SSSR count). The lowest BCUT2D eigenvalue weighted by Crippen LogP contribution is -2.36. The summed E-state index contributed by atoms with van der Waals surface area (Å²) in [6, 6.07) is 14.6. The molecule has 1 atom stereocenters. The number of para-hydroxylation sites is 1. The summed E-state index contributed by atoms with van der Waals surface area (Å²) in [5.74, 6) is -0.216. The number of hydrogen-bond acceptors (Lipinski definition) is 2. The Kier molecular flexibility index (Phi) is 2.99. The van der Waals surface area contributed by atoms with Gasteiger partial charge in [-0.2, -0.15) is 0 Å². The van der Waals surface area contributed by atoms with Gasteiger partial charge >= 0.3 is 0 Å². The van der Waals surface area contributed by atoms with Crippen molar-refractivity contribution in [2.75, 3.05) is 11.9 Å². The van der Waals surface area contributed by atoms with Crippen LogP contribution in [0.15, 0.2) is 48.5 Å². The van der Waals surface area contributed by atoms with Crippen LogP contribution in [0.2, 0.25) is 0 Å². The Morgan fingerprint density at radius 3 is 2.68 bits per heavy atom. The fraction of sp³-hybridized carbons (Fsp3) is 0.250. The van der Waals surface area contributed by atoms with E-state index in [-0.39, 0.29) is 12.4 Å². The number of aliphatic hydroxyl groups excluding tert-OH is 1. The molecule has 98 valence electrons. The molecule has 3 heteroatoms. The molecule has 1 unspecified atom stereocenters. The van der Waals surface area contributed by atoms with Crippen molar-refractivity contribution in [1.29, 1.82) is 0 Å². The van der Waals surface area contributed by atoms with Gasteiger partial charge in [-0.3, -0.25) is 0 Å². The highest BCUT2D eigenvalue weighted by molar-refractivity contribution is 5.51. The molecule has 1 aliphatic carbocycles. The van der Waals surface area contributed by atoms with E-state index in [2.05, 4.69) is 5.32 Å². The molecule has 1 aliphatic rings. The summed E-state index contributed by atoms with van der Waals surface area (Å²) < 4.78 is 13.3. The smallest absolute Gasteiger partial charge is 0.123 e. The first-order chi connectivity index (χ1) is 9.23. The van der Waals surface area contributed by atoms with Gasteiger partial charge < -0.3 is 10.4 Å². The van der Waals surface area contributed by atoms with Gasteiger partial charge in [0.1, 0.15) is 5.82 Å². The summed E-state index contributed by atoms with van der Waals surface area (Å²) in [4.78, 5) is 0.